The summed E-state index contributed by atoms with van der Waals surface area (Å²) in [5.74, 6) is 0.677. The van der Waals surface area contributed by atoms with Crippen LogP contribution in [0.1, 0.15) is 36.0 Å². The molecule has 25 heavy (non-hydrogen) atoms. The van der Waals surface area contributed by atoms with Crippen LogP contribution in [0.5, 0.6) is 5.75 Å². The van der Waals surface area contributed by atoms with Crippen molar-refractivity contribution in [1.29, 1.82) is 0 Å². The van der Waals surface area contributed by atoms with E-state index in [2.05, 4.69) is 0 Å². The van der Waals surface area contributed by atoms with Crippen molar-refractivity contribution in [3.05, 3.63) is 65.0 Å². The number of ether oxygens (including phenoxy) is 1. The molecule has 3 nitrogen and oxygen atoms in total. The Bertz CT molecular complexity index is 738. The van der Waals surface area contributed by atoms with E-state index in [0.717, 1.165) is 35.3 Å². The van der Waals surface area contributed by atoms with Crippen LogP contribution in [0.4, 0.5) is 4.39 Å². The number of carbonyl (C=O) groups excluding carboxylic acids is 1. The molecule has 1 aliphatic carbocycles. The fourth-order valence-corrected chi connectivity index (χ4v) is 2.85. The Balaban J connectivity index is 1.56. The monoisotopic (exact) mass is 341 g/mol. The minimum absolute atomic E-state index is 0.0946. The Hall–Kier alpha value is -2.36. The summed E-state index contributed by atoms with van der Waals surface area (Å²) in [5, 5.41) is 0. The first-order valence-electron chi connectivity index (χ1n) is 8.77. The van der Waals surface area contributed by atoms with Gasteiger partial charge in [0.25, 0.3) is 0 Å². The maximum atomic E-state index is 13.0. The van der Waals surface area contributed by atoms with Crippen LogP contribution in [0.25, 0.3) is 0 Å². The molecule has 0 radical (unpaired) electrons. The molecule has 1 aliphatic rings. The van der Waals surface area contributed by atoms with Crippen LogP contribution in [-0.4, -0.2) is 23.5 Å². The molecule has 0 saturated heterocycles. The lowest BCUT2D eigenvalue weighted by atomic mass is 10.1. The smallest absolute Gasteiger partial charge is 0.226 e. The first-order valence-corrected chi connectivity index (χ1v) is 8.77. The fraction of sp³-hybridized carbons (Fsp3) is 0.381. The van der Waals surface area contributed by atoms with Gasteiger partial charge in [-0.05, 0) is 61.6 Å². The molecule has 1 amide bonds. The van der Waals surface area contributed by atoms with Gasteiger partial charge < -0.3 is 9.64 Å². The zero-order valence-corrected chi connectivity index (χ0v) is 14.8. The number of carbonyl (C=O) groups is 1. The van der Waals surface area contributed by atoms with Crippen LogP contribution < -0.4 is 4.74 Å². The minimum atomic E-state index is -0.255. The summed E-state index contributed by atoms with van der Waals surface area (Å²) in [5.41, 5.74) is 3.17. The molecule has 132 valence electrons. The van der Waals surface area contributed by atoms with Gasteiger partial charge in [0.2, 0.25) is 5.91 Å². The van der Waals surface area contributed by atoms with Crippen molar-refractivity contribution in [2.75, 3.05) is 6.61 Å². The highest BCUT2D eigenvalue weighted by molar-refractivity contribution is 5.77. The van der Waals surface area contributed by atoms with Gasteiger partial charge >= 0.3 is 0 Å². The van der Waals surface area contributed by atoms with Crippen molar-refractivity contribution in [1.82, 2.24) is 4.90 Å². The van der Waals surface area contributed by atoms with E-state index in [1.165, 1.54) is 12.1 Å². The van der Waals surface area contributed by atoms with E-state index in [1.54, 1.807) is 12.1 Å². The number of benzene rings is 2. The van der Waals surface area contributed by atoms with E-state index >= 15 is 0 Å². The van der Waals surface area contributed by atoms with Crippen molar-refractivity contribution < 1.29 is 13.9 Å². The first-order chi connectivity index (χ1) is 12.0. The molecule has 2 aromatic carbocycles. The average molecular weight is 341 g/mol. The molecule has 0 aliphatic heterocycles. The van der Waals surface area contributed by atoms with Crippen LogP contribution in [0.3, 0.4) is 0 Å². The number of hydrogen-bond acceptors (Lipinski definition) is 2. The Labute approximate surface area is 148 Å². The maximum Gasteiger partial charge on any atom is 0.226 e. The second-order valence-electron chi connectivity index (χ2n) is 6.75. The summed E-state index contributed by atoms with van der Waals surface area (Å²) in [6, 6.07) is 12.7. The molecule has 0 heterocycles. The van der Waals surface area contributed by atoms with Gasteiger partial charge in [0, 0.05) is 12.6 Å². The van der Waals surface area contributed by atoms with Crippen molar-refractivity contribution in [2.24, 2.45) is 0 Å². The highest BCUT2D eigenvalue weighted by Gasteiger charge is 2.32. The predicted octanol–water partition coefficient (Wildman–Crippen LogP) is 4.40. The van der Waals surface area contributed by atoms with E-state index in [4.69, 9.17) is 4.74 Å². The highest BCUT2D eigenvalue weighted by atomic mass is 19.1. The zero-order valence-electron chi connectivity index (χ0n) is 14.8. The molecule has 3 rings (SSSR count). The van der Waals surface area contributed by atoms with Gasteiger partial charge in [-0.25, -0.2) is 4.39 Å². The summed E-state index contributed by atoms with van der Waals surface area (Å²) in [7, 11) is 0. The molecule has 0 atom stereocenters. The molecule has 0 aromatic heterocycles. The molecule has 0 unspecified atom stereocenters. The minimum Gasteiger partial charge on any atom is -0.493 e. The summed E-state index contributed by atoms with van der Waals surface area (Å²) in [6.07, 6.45) is 2.45. The van der Waals surface area contributed by atoms with Crippen LogP contribution in [-0.2, 0) is 11.3 Å². The SMILES string of the molecule is Cc1ccc(C)c(OCCC(=O)N(Cc2ccc(F)cc2)C2CC2)c1. The lowest BCUT2D eigenvalue weighted by Gasteiger charge is -2.23. The number of hydrogen-bond donors (Lipinski definition) is 0. The fourth-order valence-electron chi connectivity index (χ4n) is 2.85. The van der Waals surface area contributed by atoms with Crippen molar-refractivity contribution in [3.8, 4) is 5.75 Å². The van der Waals surface area contributed by atoms with E-state index < -0.39 is 0 Å². The molecule has 0 N–H and O–H groups in total. The van der Waals surface area contributed by atoms with Crippen LogP contribution in [0.2, 0.25) is 0 Å². The van der Waals surface area contributed by atoms with Crippen LogP contribution >= 0.6 is 0 Å². The Morgan fingerprint density at radius 3 is 2.56 bits per heavy atom. The lowest BCUT2D eigenvalue weighted by Crippen LogP contribution is -2.33. The standard InChI is InChI=1S/C21H24FNO2/c1-15-3-4-16(2)20(13-15)25-12-11-21(24)23(19-9-10-19)14-17-5-7-18(22)8-6-17/h3-8,13,19H,9-12,14H2,1-2H3. The summed E-state index contributed by atoms with van der Waals surface area (Å²) in [4.78, 5) is 14.5. The van der Waals surface area contributed by atoms with Gasteiger partial charge in [-0.2, -0.15) is 0 Å². The highest BCUT2D eigenvalue weighted by Crippen LogP contribution is 2.29. The van der Waals surface area contributed by atoms with E-state index in [0.29, 0.717) is 25.6 Å². The third-order valence-electron chi connectivity index (χ3n) is 4.49. The quantitative estimate of drug-likeness (QED) is 0.747. The van der Waals surface area contributed by atoms with Crippen LogP contribution in [0, 0.1) is 19.7 Å². The topological polar surface area (TPSA) is 29.5 Å². The lowest BCUT2D eigenvalue weighted by molar-refractivity contribution is -0.132. The molecule has 4 heteroatoms. The van der Waals surface area contributed by atoms with E-state index in [9.17, 15) is 9.18 Å². The third-order valence-corrected chi connectivity index (χ3v) is 4.49. The van der Waals surface area contributed by atoms with Gasteiger partial charge in [0.05, 0.1) is 13.0 Å². The maximum absolute atomic E-state index is 13.0. The second-order valence-corrected chi connectivity index (χ2v) is 6.75. The molecule has 1 saturated carbocycles. The number of aryl methyl sites for hydroxylation is 2. The second kappa shape index (κ2) is 7.68. The molecular weight excluding hydrogens is 317 g/mol. The Morgan fingerprint density at radius 2 is 1.88 bits per heavy atom. The number of amides is 1. The molecule has 0 bridgehead atoms. The van der Waals surface area contributed by atoms with E-state index in [1.807, 2.05) is 36.9 Å². The molecular formula is C21H24FNO2. The largest absolute Gasteiger partial charge is 0.493 e. The van der Waals surface area contributed by atoms with Gasteiger partial charge in [-0.1, -0.05) is 24.3 Å². The average Bonchev–Trinajstić information content (AvgIpc) is 3.42. The zero-order chi connectivity index (χ0) is 17.8. The number of halogens is 1. The number of rotatable bonds is 7. The predicted molar refractivity (Wildman–Crippen MR) is 96.0 cm³/mol. The van der Waals surface area contributed by atoms with Crippen LogP contribution in [0.15, 0.2) is 42.5 Å². The summed E-state index contributed by atoms with van der Waals surface area (Å²) < 4.78 is 18.9. The Morgan fingerprint density at radius 1 is 1.16 bits per heavy atom. The molecule has 0 spiro atoms. The van der Waals surface area contributed by atoms with Crippen molar-refractivity contribution >= 4 is 5.91 Å². The van der Waals surface area contributed by atoms with Gasteiger partial charge in [-0.3, -0.25) is 4.79 Å². The van der Waals surface area contributed by atoms with Gasteiger partial charge in [0.15, 0.2) is 0 Å². The van der Waals surface area contributed by atoms with E-state index in [-0.39, 0.29) is 11.7 Å². The van der Waals surface area contributed by atoms with Crippen molar-refractivity contribution in [3.63, 3.8) is 0 Å². The number of nitrogens with zero attached hydrogens (tertiary/aromatic N) is 1. The van der Waals surface area contributed by atoms with Gasteiger partial charge in [0.1, 0.15) is 11.6 Å². The molecule has 1 fully saturated rings. The van der Waals surface area contributed by atoms with Crippen molar-refractivity contribution in [2.45, 2.75) is 45.7 Å². The van der Waals surface area contributed by atoms with Gasteiger partial charge in [-0.15, -0.1) is 0 Å². The summed E-state index contributed by atoms with van der Waals surface area (Å²) in [6.45, 7) is 4.93. The normalized spacial score (nSPS) is 13.6. The Kier molecular flexibility index (Phi) is 5.37. The first kappa shape index (κ1) is 17.5. The molecule has 2 aromatic rings. The third kappa shape index (κ3) is 4.81. The summed E-state index contributed by atoms with van der Waals surface area (Å²) >= 11 is 0.